The number of rotatable bonds is 6. The van der Waals surface area contributed by atoms with Crippen LogP contribution in [0.15, 0.2) is 0 Å². The van der Waals surface area contributed by atoms with Crippen molar-refractivity contribution in [1.82, 2.24) is 0 Å². The first-order valence-corrected chi connectivity index (χ1v) is 20.5. The van der Waals surface area contributed by atoms with Crippen LogP contribution in [0.4, 0.5) is 92.2 Å². The smallest absolute Gasteiger partial charge is 0.368 e. The Balaban J connectivity index is 0.000000208. The summed E-state index contributed by atoms with van der Waals surface area (Å²) >= 11 is 0. The van der Waals surface area contributed by atoms with Gasteiger partial charge in [-0.1, -0.05) is 55.4 Å². The minimum absolute atomic E-state index is 0.00575. The van der Waals surface area contributed by atoms with E-state index in [-0.39, 0.29) is 43.9 Å². The highest BCUT2D eigenvalue weighted by Crippen LogP contribution is 2.67. The summed E-state index contributed by atoms with van der Waals surface area (Å²) in [6.07, 6.45) is -35.9. The molecule has 0 aromatic rings. The van der Waals surface area contributed by atoms with Crippen LogP contribution < -0.4 is 0 Å². The van der Waals surface area contributed by atoms with E-state index in [2.05, 4.69) is 0 Å². The molecule has 0 spiro atoms. The van der Waals surface area contributed by atoms with Crippen LogP contribution in [0.5, 0.6) is 0 Å². The van der Waals surface area contributed by atoms with Crippen molar-refractivity contribution in [1.29, 1.82) is 0 Å². The number of hydrogen-bond donors (Lipinski definition) is 0. The van der Waals surface area contributed by atoms with Crippen LogP contribution in [-0.4, -0.2) is 73.1 Å². The summed E-state index contributed by atoms with van der Waals surface area (Å²) in [6, 6.07) is 0. The molecule has 15 atom stereocenters. The van der Waals surface area contributed by atoms with Crippen LogP contribution in [0.25, 0.3) is 0 Å². The highest BCUT2D eigenvalue weighted by molar-refractivity contribution is 5.12. The number of ether oxygens (including phenoxy) is 2. The Morgan fingerprint density at radius 3 is 1.00 bits per heavy atom. The third kappa shape index (κ3) is 8.66. The fraction of sp³-hybridized carbons (Fsp3) is 1.00. The number of halogens is 21. The minimum Gasteiger partial charge on any atom is -0.368 e. The summed E-state index contributed by atoms with van der Waals surface area (Å²) in [5.74, 6) is -19.8. The molecule has 6 bridgehead atoms. The maximum atomic E-state index is 14.3. The minimum atomic E-state index is -5.67. The van der Waals surface area contributed by atoms with Gasteiger partial charge in [0, 0.05) is 11.8 Å². The van der Waals surface area contributed by atoms with Gasteiger partial charge in [-0.3, -0.25) is 0 Å². The molecule has 6 aliphatic rings. The maximum Gasteiger partial charge on any atom is 0.402 e. The molecule has 6 fully saturated rings. The first-order chi connectivity index (χ1) is 27.7. The number of alkyl halides is 21. The Bertz CT molecular complexity index is 1500. The summed E-state index contributed by atoms with van der Waals surface area (Å²) < 4.78 is 289. The van der Waals surface area contributed by atoms with Crippen molar-refractivity contribution in [2.24, 2.45) is 81.3 Å². The Kier molecular flexibility index (Phi) is 13.8. The van der Waals surface area contributed by atoms with Gasteiger partial charge in [-0.05, 0) is 81.0 Å². The molecular weight excluding hydrogens is 911 g/mol. The predicted molar refractivity (Wildman–Crippen MR) is 183 cm³/mol. The standard InChI is InChI=1S/C14H18F8.C13H16F8O.C13H19F5O/c1-6-7(2)9-4-8(6)10(12(9,15)16)5-11(3,13(17,18)19)14(20,21)22;1-5-6(2)9-11(14,15)7(8(5)22-9)4-10(3,12(16,17)18)13(19,20)21;1-6-7(2)10-12(14,15)8(9(6)19-10)5-11(3,4)13(16,17)18/h6-10H,4-5H2,1-3H3;5-9H,4H2,1-3H3;6-10H,5H2,1-4H3. The van der Waals surface area contributed by atoms with E-state index in [0.29, 0.717) is 0 Å². The molecule has 0 amide bonds. The molecule has 0 aromatic carbocycles. The Morgan fingerprint density at radius 1 is 0.397 bits per heavy atom. The van der Waals surface area contributed by atoms with Gasteiger partial charge in [0.2, 0.25) is 0 Å². The Morgan fingerprint density at radius 2 is 0.714 bits per heavy atom. The summed E-state index contributed by atoms with van der Waals surface area (Å²) in [5, 5.41) is 0. The highest BCUT2D eigenvalue weighted by atomic mass is 19.4. The zero-order valence-corrected chi connectivity index (χ0v) is 35.7. The van der Waals surface area contributed by atoms with E-state index in [1.807, 2.05) is 0 Å². The van der Waals surface area contributed by atoms with Crippen molar-refractivity contribution in [3.05, 3.63) is 0 Å². The average molecular weight is 965 g/mol. The van der Waals surface area contributed by atoms with Gasteiger partial charge in [0.1, 0.15) is 12.2 Å². The zero-order chi connectivity index (χ0) is 49.4. The molecule has 372 valence electrons. The normalized spacial score (nSPS) is 39.6. The molecule has 2 saturated carbocycles. The topological polar surface area (TPSA) is 18.5 Å². The lowest BCUT2D eigenvalue weighted by Crippen LogP contribution is -2.54. The van der Waals surface area contributed by atoms with Crippen molar-refractivity contribution < 1.29 is 102 Å². The largest absolute Gasteiger partial charge is 0.402 e. The van der Waals surface area contributed by atoms with E-state index in [9.17, 15) is 92.2 Å². The molecule has 0 N–H and O–H groups in total. The van der Waals surface area contributed by atoms with Gasteiger partial charge in [0.05, 0.1) is 29.5 Å². The number of hydrogen-bond acceptors (Lipinski definition) is 2. The maximum absolute atomic E-state index is 14.3. The molecule has 4 aliphatic heterocycles. The molecule has 23 heteroatoms. The van der Waals surface area contributed by atoms with Crippen LogP contribution in [0.3, 0.4) is 0 Å². The summed E-state index contributed by atoms with van der Waals surface area (Å²) in [6.45, 7) is 11.5. The zero-order valence-electron chi connectivity index (χ0n) is 35.7. The van der Waals surface area contributed by atoms with Crippen LogP contribution in [0, 0.1) is 81.3 Å². The second-order valence-corrected chi connectivity index (χ2v) is 20.2. The highest BCUT2D eigenvalue weighted by Gasteiger charge is 2.76. The average Bonchev–Trinajstić information content (AvgIpc) is 3.85. The predicted octanol–water partition coefficient (Wildman–Crippen LogP) is 14.8. The molecule has 6 rings (SSSR count). The van der Waals surface area contributed by atoms with Gasteiger partial charge >= 0.3 is 30.9 Å². The molecule has 2 nitrogen and oxygen atoms in total. The quantitative estimate of drug-likeness (QED) is 0.247. The van der Waals surface area contributed by atoms with Gasteiger partial charge in [-0.25, -0.2) is 26.3 Å². The van der Waals surface area contributed by atoms with Gasteiger partial charge in [-0.15, -0.1) is 0 Å². The van der Waals surface area contributed by atoms with E-state index >= 15 is 0 Å². The van der Waals surface area contributed by atoms with Crippen molar-refractivity contribution in [2.45, 2.75) is 168 Å². The lowest BCUT2D eigenvalue weighted by Gasteiger charge is -2.43. The van der Waals surface area contributed by atoms with Gasteiger partial charge in [-0.2, -0.15) is 65.9 Å². The number of fused-ring (bicyclic) bond motifs is 6. The SMILES string of the molecule is CC1C(C)C2CC1C(CC(C)(C(F)(F)F)C(F)(F)F)C2(F)F.CC1C(C)C2OC1C(CC(C)(C(F)(F)F)C(F)(F)F)C2(F)F.CC1C(C)C2OC1C(CC(C)(C)C(F)(F)F)C2(F)F. The fourth-order valence-electron chi connectivity index (χ4n) is 10.8. The second kappa shape index (κ2) is 16.0. The monoisotopic (exact) mass is 964 g/mol. The van der Waals surface area contributed by atoms with Gasteiger partial charge < -0.3 is 9.47 Å². The summed E-state index contributed by atoms with van der Waals surface area (Å²) in [4.78, 5) is 0. The van der Waals surface area contributed by atoms with Crippen LogP contribution >= 0.6 is 0 Å². The summed E-state index contributed by atoms with van der Waals surface area (Å²) in [7, 11) is 0. The molecule has 4 heterocycles. The van der Waals surface area contributed by atoms with E-state index < -0.39 is 150 Å². The van der Waals surface area contributed by atoms with Crippen LogP contribution in [-0.2, 0) is 9.47 Å². The third-order valence-electron chi connectivity index (χ3n) is 16.2. The third-order valence-corrected chi connectivity index (χ3v) is 16.2. The molecule has 15 unspecified atom stereocenters. The summed E-state index contributed by atoms with van der Waals surface area (Å²) in [5.41, 5.74) is -10.4. The van der Waals surface area contributed by atoms with Crippen molar-refractivity contribution in [3.63, 3.8) is 0 Å². The fourth-order valence-corrected chi connectivity index (χ4v) is 10.8. The molecule has 2 aliphatic carbocycles. The van der Waals surface area contributed by atoms with Crippen molar-refractivity contribution in [3.8, 4) is 0 Å². The Hall–Kier alpha value is -1.55. The van der Waals surface area contributed by atoms with Gasteiger partial charge in [0.15, 0.2) is 10.8 Å². The van der Waals surface area contributed by atoms with Crippen LogP contribution in [0.1, 0.15) is 94.9 Å². The van der Waals surface area contributed by atoms with E-state index in [1.165, 1.54) is 13.8 Å². The molecule has 4 saturated heterocycles. The molecular formula is C40H53F21O2. The van der Waals surface area contributed by atoms with E-state index in [0.717, 1.165) is 13.8 Å². The molecule has 0 radical (unpaired) electrons. The first kappa shape index (κ1) is 54.1. The van der Waals surface area contributed by atoms with Crippen LogP contribution in [0.2, 0.25) is 0 Å². The van der Waals surface area contributed by atoms with E-state index in [4.69, 9.17) is 9.47 Å². The lowest BCUT2D eigenvalue weighted by molar-refractivity contribution is -0.345. The molecule has 0 aromatic heterocycles. The molecule has 63 heavy (non-hydrogen) atoms. The lowest BCUT2D eigenvalue weighted by atomic mass is 9.67. The first-order valence-electron chi connectivity index (χ1n) is 20.5. The van der Waals surface area contributed by atoms with Crippen molar-refractivity contribution in [2.75, 3.05) is 0 Å². The van der Waals surface area contributed by atoms with E-state index in [1.54, 1.807) is 27.7 Å². The Labute approximate surface area is 351 Å². The second-order valence-electron chi connectivity index (χ2n) is 20.2. The van der Waals surface area contributed by atoms with Gasteiger partial charge in [0.25, 0.3) is 17.8 Å². The van der Waals surface area contributed by atoms with Crippen molar-refractivity contribution >= 4 is 0 Å².